The molecule has 2 amide bonds. The van der Waals surface area contributed by atoms with Gasteiger partial charge in [-0.1, -0.05) is 6.07 Å². The zero-order valence-corrected chi connectivity index (χ0v) is 15.0. The maximum atomic E-state index is 13.6. The third kappa shape index (κ3) is 4.46. The highest BCUT2D eigenvalue weighted by atomic mass is 32.2. The second kappa shape index (κ2) is 7.80. The number of rotatable bonds is 4. The maximum Gasteiger partial charge on any atom is 0.317 e. The van der Waals surface area contributed by atoms with Crippen LogP contribution < -0.4 is 5.32 Å². The van der Waals surface area contributed by atoms with Crippen LogP contribution in [0.2, 0.25) is 0 Å². The number of urea groups is 1. The van der Waals surface area contributed by atoms with E-state index in [-0.39, 0.29) is 24.7 Å². The number of piperidine rings is 1. The van der Waals surface area contributed by atoms with E-state index in [4.69, 9.17) is 5.26 Å². The van der Waals surface area contributed by atoms with Gasteiger partial charge in [0.15, 0.2) is 0 Å². The second-order valence-electron chi connectivity index (χ2n) is 6.12. The average molecular weight is 368 g/mol. The molecule has 0 aromatic heterocycles. The number of halogens is 1. The summed E-state index contributed by atoms with van der Waals surface area (Å²) in [5.74, 6) is -0.635. The Kier molecular flexibility index (Phi) is 5.98. The number of sulfonamides is 1. The molecule has 0 bridgehead atoms. The Labute approximate surface area is 147 Å². The molecule has 1 heterocycles. The molecule has 7 nitrogen and oxygen atoms in total. The molecule has 0 aliphatic carbocycles. The highest BCUT2D eigenvalue weighted by Gasteiger charge is 2.33. The molecule has 1 atom stereocenters. The first-order valence-electron chi connectivity index (χ1n) is 7.88. The fourth-order valence-corrected chi connectivity index (χ4v) is 4.14. The number of carbonyl (C=O) groups is 1. The quantitative estimate of drug-likeness (QED) is 0.866. The fourth-order valence-electron chi connectivity index (χ4n) is 2.71. The molecule has 1 fully saturated rings. The van der Waals surface area contributed by atoms with Gasteiger partial charge in [0.2, 0.25) is 10.0 Å². The van der Waals surface area contributed by atoms with Gasteiger partial charge in [0, 0.05) is 33.7 Å². The van der Waals surface area contributed by atoms with Crippen molar-refractivity contribution in [2.24, 2.45) is 0 Å². The number of nitriles is 1. The van der Waals surface area contributed by atoms with Gasteiger partial charge in [-0.15, -0.1) is 0 Å². The highest BCUT2D eigenvalue weighted by Crippen LogP contribution is 2.19. The molecule has 1 N–H and O–H groups in total. The molecule has 0 radical (unpaired) electrons. The van der Waals surface area contributed by atoms with E-state index in [0.29, 0.717) is 24.9 Å². The van der Waals surface area contributed by atoms with E-state index in [0.717, 1.165) is 0 Å². The zero-order valence-electron chi connectivity index (χ0n) is 14.2. The van der Waals surface area contributed by atoms with Crippen LogP contribution in [0.1, 0.15) is 24.0 Å². The van der Waals surface area contributed by atoms with Crippen LogP contribution in [-0.2, 0) is 16.6 Å². The zero-order chi connectivity index (χ0) is 18.6. The van der Waals surface area contributed by atoms with E-state index in [9.17, 15) is 17.6 Å². The van der Waals surface area contributed by atoms with Crippen LogP contribution in [0.3, 0.4) is 0 Å². The van der Waals surface area contributed by atoms with Crippen molar-refractivity contribution in [3.63, 3.8) is 0 Å². The van der Waals surface area contributed by atoms with Crippen molar-refractivity contribution in [3.8, 4) is 6.07 Å². The van der Waals surface area contributed by atoms with Gasteiger partial charge in [0.1, 0.15) is 11.9 Å². The summed E-state index contributed by atoms with van der Waals surface area (Å²) >= 11 is 0. The summed E-state index contributed by atoms with van der Waals surface area (Å²) < 4.78 is 39.2. The van der Waals surface area contributed by atoms with Crippen LogP contribution in [0.4, 0.5) is 9.18 Å². The van der Waals surface area contributed by atoms with Gasteiger partial charge in [-0.3, -0.25) is 0 Å². The molecule has 0 saturated carbocycles. The summed E-state index contributed by atoms with van der Waals surface area (Å²) in [5.41, 5.74) is 0.474. The standard InChI is InChI=1S/C16H21FN4O3S/c1-20(2)25(23,24)14-4-3-7-21(11-14)16(22)19-10-12-5-6-13(9-18)15(17)8-12/h5-6,8,14H,3-4,7,10-11H2,1-2H3,(H,19,22). The monoisotopic (exact) mass is 368 g/mol. The fraction of sp³-hybridized carbons (Fsp3) is 0.500. The van der Waals surface area contributed by atoms with Crippen molar-refractivity contribution in [1.29, 1.82) is 5.26 Å². The summed E-state index contributed by atoms with van der Waals surface area (Å²) in [4.78, 5) is 13.7. The lowest BCUT2D eigenvalue weighted by Crippen LogP contribution is -2.50. The number of hydrogen-bond acceptors (Lipinski definition) is 4. The summed E-state index contributed by atoms with van der Waals surface area (Å²) in [6.07, 6.45) is 1.13. The van der Waals surface area contributed by atoms with Crippen LogP contribution >= 0.6 is 0 Å². The van der Waals surface area contributed by atoms with Crippen molar-refractivity contribution in [1.82, 2.24) is 14.5 Å². The van der Waals surface area contributed by atoms with Crippen molar-refractivity contribution in [2.75, 3.05) is 27.2 Å². The lowest BCUT2D eigenvalue weighted by Gasteiger charge is -2.33. The van der Waals surface area contributed by atoms with Gasteiger partial charge in [0.25, 0.3) is 0 Å². The van der Waals surface area contributed by atoms with Crippen molar-refractivity contribution in [3.05, 3.63) is 35.1 Å². The summed E-state index contributed by atoms with van der Waals surface area (Å²) in [5, 5.41) is 10.8. The minimum Gasteiger partial charge on any atom is -0.334 e. The Morgan fingerprint density at radius 1 is 1.48 bits per heavy atom. The van der Waals surface area contributed by atoms with Crippen LogP contribution in [0.5, 0.6) is 0 Å². The second-order valence-corrected chi connectivity index (χ2v) is 8.55. The van der Waals surface area contributed by atoms with Crippen molar-refractivity contribution < 1.29 is 17.6 Å². The maximum absolute atomic E-state index is 13.6. The molecule has 9 heteroatoms. The Bertz CT molecular complexity index is 789. The predicted molar refractivity (Wildman–Crippen MR) is 90.6 cm³/mol. The average Bonchev–Trinajstić information content (AvgIpc) is 2.59. The van der Waals surface area contributed by atoms with Crippen molar-refractivity contribution in [2.45, 2.75) is 24.6 Å². The van der Waals surface area contributed by atoms with E-state index in [1.807, 2.05) is 0 Å². The Hall–Kier alpha value is -2.18. The summed E-state index contributed by atoms with van der Waals surface area (Å²) in [6, 6.07) is 5.48. The molecule has 1 aliphatic rings. The smallest absolute Gasteiger partial charge is 0.317 e. The highest BCUT2D eigenvalue weighted by molar-refractivity contribution is 7.89. The number of nitrogens with one attached hydrogen (secondary N) is 1. The van der Waals surface area contributed by atoms with Gasteiger partial charge in [-0.05, 0) is 30.5 Å². The number of likely N-dealkylation sites (tertiary alicyclic amines) is 1. The Morgan fingerprint density at radius 2 is 2.20 bits per heavy atom. The number of amides is 2. The summed E-state index contributed by atoms with van der Waals surface area (Å²) in [6.45, 7) is 0.712. The van der Waals surface area contributed by atoms with Crippen molar-refractivity contribution >= 4 is 16.1 Å². The summed E-state index contributed by atoms with van der Waals surface area (Å²) in [7, 11) is -0.455. The van der Waals surface area contributed by atoms with Gasteiger partial charge < -0.3 is 10.2 Å². The van der Waals surface area contributed by atoms with Gasteiger partial charge in [-0.2, -0.15) is 5.26 Å². The molecule has 1 unspecified atom stereocenters. The molecule has 2 rings (SSSR count). The van der Waals surface area contributed by atoms with Gasteiger partial charge in [-0.25, -0.2) is 21.9 Å². The van der Waals surface area contributed by atoms with Crippen LogP contribution in [0.25, 0.3) is 0 Å². The number of carbonyl (C=O) groups excluding carboxylic acids is 1. The first-order valence-corrected chi connectivity index (χ1v) is 9.38. The molecule has 136 valence electrons. The van der Waals surface area contributed by atoms with Crippen LogP contribution in [-0.4, -0.2) is 56.1 Å². The normalized spacial score (nSPS) is 18.0. The molecular weight excluding hydrogens is 347 g/mol. The minimum absolute atomic E-state index is 0.0529. The van der Waals surface area contributed by atoms with Crippen LogP contribution in [0, 0.1) is 17.1 Å². The van der Waals surface area contributed by atoms with E-state index in [2.05, 4.69) is 5.32 Å². The van der Waals surface area contributed by atoms with Gasteiger partial charge in [0.05, 0.1) is 10.8 Å². The topological polar surface area (TPSA) is 93.5 Å². The van der Waals surface area contributed by atoms with E-state index < -0.39 is 21.1 Å². The third-order valence-corrected chi connectivity index (χ3v) is 6.44. The van der Waals surface area contributed by atoms with Crippen LogP contribution in [0.15, 0.2) is 18.2 Å². The third-order valence-electron chi connectivity index (χ3n) is 4.19. The predicted octanol–water partition coefficient (Wildman–Crippen LogP) is 1.26. The molecule has 1 saturated heterocycles. The number of nitrogens with zero attached hydrogens (tertiary/aromatic N) is 3. The number of hydrogen-bond donors (Lipinski definition) is 1. The van der Waals surface area contributed by atoms with E-state index >= 15 is 0 Å². The van der Waals surface area contributed by atoms with Gasteiger partial charge >= 0.3 is 6.03 Å². The molecule has 0 spiro atoms. The Balaban J connectivity index is 1.97. The molecular formula is C16H21FN4O3S. The molecule has 1 aromatic carbocycles. The molecule has 1 aliphatic heterocycles. The lowest BCUT2D eigenvalue weighted by molar-refractivity contribution is 0.186. The molecule has 25 heavy (non-hydrogen) atoms. The number of benzene rings is 1. The lowest BCUT2D eigenvalue weighted by atomic mass is 10.1. The SMILES string of the molecule is CN(C)S(=O)(=O)C1CCCN(C(=O)NCc2ccc(C#N)c(F)c2)C1. The Morgan fingerprint density at radius 3 is 2.80 bits per heavy atom. The minimum atomic E-state index is -3.42. The van der Waals surface area contributed by atoms with E-state index in [1.54, 1.807) is 12.1 Å². The first kappa shape index (κ1) is 19.1. The largest absolute Gasteiger partial charge is 0.334 e. The molecule has 1 aromatic rings. The first-order chi connectivity index (χ1) is 11.8. The van der Waals surface area contributed by atoms with E-state index in [1.165, 1.54) is 35.4 Å².